The summed E-state index contributed by atoms with van der Waals surface area (Å²) >= 11 is 0. The van der Waals surface area contributed by atoms with Crippen LogP contribution in [0.3, 0.4) is 0 Å². The molecule has 0 fully saturated rings. The monoisotopic (exact) mass is 255 g/mol. The van der Waals surface area contributed by atoms with E-state index >= 15 is 0 Å². The summed E-state index contributed by atoms with van der Waals surface area (Å²) in [5.41, 5.74) is 0.385. The summed E-state index contributed by atoms with van der Waals surface area (Å²) in [6.45, 7) is 1.10. The molecule has 7 nitrogen and oxygen atoms in total. The first-order valence-electron chi connectivity index (χ1n) is 5.52. The number of H-pyrrole nitrogens is 1. The van der Waals surface area contributed by atoms with E-state index in [1.807, 2.05) is 0 Å². The second-order valence-electron chi connectivity index (χ2n) is 3.58. The predicted octanol–water partition coefficient (Wildman–Crippen LogP) is 0.0614. The highest BCUT2D eigenvalue weighted by Gasteiger charge is 2.17. The number of hydrogen-bond donors (Lipinski definition) is 1. The van der Waals surface area contributed by atoms with Crippen LogP contribution in [0.1, 0.15) is 16.9 Å². The summed E-state index contributed by atoms with van der Waals surface area (Å²) in [6.07, 6.45) is 3.03. The van der Waals surface area contributed by atoms with Gasteiger partial charge in [0.05, 0.1) is 32.7 Å². The van der Waals surface area contributed by atoms with E-state index in [1.54, 1.807) is 7.11 Å². The van der Waals surface area contributed by atoms with Gasteiger partial charge in [0.25, 0.3) is 5.91 Å². The van der Waals surface area contributed by atoms with Crippen LogP contribution in [-0.4, -0.2) is 60.7 Å². The van der Waals surface area contributed by atoms with Crippen molar-refractivity contribution in [2.45, 2.75) is 6.42 Å². The molecule has 0 aromatic carbocycles. The smallest absolute Gasteiger partial charge is 0.307 e. The fourth-order valence-electron chi connectivity index (χ4n) is 1.39. The van der Waals surface area contributed by atoms with E-state index in [4.69, 9.17) is 4.74 Å². The third-order valence-corrected chi connectivity index (χ3v) is 2.39. The van der Waals surface area contributed by atoms with Crippen LogP contribution in [0, 0.1) is 0 Å². The Labute approximate surface area is 105 Å². The molecular formula is C11H17N3O4. The molecule has 0 aliphatic rings. The van der Waals surface area contributed by atoms with Crippen molar-refractivity contribution in [2.75, 3.05) is 33.9 Å². The second kappa shape index (κ2) is 7.44. The number of nitrogens with one attached hydrogen (secondary N) is 1. The van der Waals surface area contributed by atoms with Crippen LogP contribution in [0.4, 0.5) is 0 Å². The van der Waals surface area contributed by atoms with E-state index in [0.717, 1.165) is 0 Å². The van der Waals surface area contributed by atoms with E-state index in [2.05, 4.69) is 14.7 Å². The molecule has 100 valence electrons. The molecule has 0 bridgehead atoms. The van der Waals surface area contributed by atoms with Crippen molar-refractivity contribution in [1.82, 2.24) is 14.9 Å². The van der Waals surface area contributed by atoms with E-state index in [-0.39, 0.29) is 24.8 Å². The Balaban J connectivity index is 2.59. The van der Waals surface area contributed by atoms with Crippen molar-refractivity contribution in [1.29, 1.82) is 0 Å². The number of methoxy groups -OCH3 is 2. The number of amides is 1. The Morgan fingerprint density at radius 2 is 2.17 bits per heavy atom. The van der Waals surface area contributed by atoms with Crippen molar-refractivity contribution in [3.05, 3.63) is 18.2 Å². The van der Waals surface area contributed by atoms with Crippen molar-refractivity contribution in [2.24, 2.45) is 0 Å². The van der Waals surface area contributed by atoms with Gasteiger partial charge >= 0.3 is 5.97 Å². The summed E-state index contributed by atoms with van der Waals surface area (Å²) < 4.78 is 9.48. The molecule has 0 spiro atoms. The van der Waals surface area contributed by atoms with Crippen LogP contribution in [0.2, 0.25) is 0 Å². The number of nitrogens with zero attached hydrogens (tertiary/aromatic N) is 2. The first-order chi connectivity index (χ1) is 8.69. The maximum atomic E-state index is 12.1. The van der Waals surface area contributed by atoms with Gasteiger partial charge in [0, 0.05) is 20.2 Å². The lowest BCUT2D eigenvalue weighted by atomic mass is 10.3. The fraction of sp³-hybridized carbons (Fsp3) is 0.545. The quantitative estimate of drug-likeness (QED) is 0.696. The lowest BCUT2D eigenvalue weighted by Crippen LogP contribution is -2.36. The average Bonchev–Trinajstić information content (AvgIpc) is 2.91. The van der Waals surface area contributed by atoms with Crippen molar-refractivity contribution in [3.63, 3.8) is 0 Å². The number of carbonyl (C=O) groups excluding carboxylic acids is 2. The van der Waals surface area contributed by atoms with Crippen molar-refractivity contribution in [3.8, 4) is 0 Å². The molecule has 0 saturated carbocycles. The molecular weight excluding hydrogens is 238 g/mol. The molecule has 0 radical (unpaired) electrons. The molecule has 1 heterocycles. The topological polar surface area (TPSA) is 84.5 Å². The lowest BCUT2D eigenvalue weighted by molar-refractivity contribution is -0.140. The van der Waals surface area contributed by atoms with Gasteiger partial charge in [-0.1, -0.05) is 0 Å². The Morgan fingerprint density at radius 1 is 1.39 bits per heavy atom. The van der Waals surface area contributed by atoms with Crippen LogP contribution < -0.4 is 0 Å². The molecule has 0 aliphatic heterocycles. The second-order valence-corrected chi connectivity index (χ2v) is 3.58. The maximum Gasteiger partial charge on any atom is 0.307 e. The van der Waals surface area contributed by atoms with Crippen LogP contribution in [-0.2, 0) is 14.3 Å². The lowest BCUT2D eigenvalue weighted by Gasteiger charge is -2.21. The molecule has 7 heteroatoms. The van der Waals surface area contributed by atoms with Gasteiger partial charge in [-0.15, -0.1) is 0 Å². The van der Waals surface area contributed by atoms with Gasteiger partial charge in [-0.2, -0.15) is 0 Å². The minimum absolute atomic E-state index is 0.153. The van der Waals surface area contributed by atoms with Crippen LogP contribution in [0.15, 0.2) is 12.5 Å². The minimum Gasteiger partial charge on any atom is -0.469 e. The Morgan fingerprint density at radius 3 is 2.72 bits per heavy atom. The first-order valence-corrected chi connectivity index (χ1v) is 5.52. The SMILES string of the molecule is COCCN(CCC(=O)OC)C(=O)c1cnc[nH]1. The Bertz CT molecular complexity index is 378. The van der Waals surface area contributed by atoms with Crippen molar-refractivity contribution < 1.29 is 19.1 Å². The maximum absolute atomic E-state index is 12.1. The Hall–Kier alpha value is -1.89. The number of hydrogen-bond acceptors (Lipinski definition) is 5. The minimum atomic E-state index is -0.352. The molecule has 1 aromatic heterocycles. The number of carbonyl (C=O) groups is 2. The van der Waals surface area contributed by atoms with Gasteiger partial charge in [0.2, 0.25) is 0 Å². The fourth-order valence-corrected chi connectivity index (χ4v) is 1.39. The van der Waals surface area contributed by atoms with Crippen LogP contribution in [0.25, 0.3) is 0 Å². The molecule has 18 heavy (non-hydrogen) atoms. The normalized spacial score (nSPS) is 10.1. The van der Waals surface area contributed by atoms with Gasteiger partial charge in [-0.05, 0) is 0 Å². The van der Waals surface area contributed by atoms with Gasteiger partial charge in [0.15, 0.2) is 0 Å². The summed E-state index contributed by atoms with van der Waals surface area (Å²) in [6, 6.07) is 0. The third kappa shape index (κ3) is 4.17. The zero-order chi connectivity index (χ0) is 13.4. The molecule has 0 atom stereocenters. The number of esters is 1. The molecule has 0 unspecified atom stereocenters. The molecule has 1 N–H and O–H groups in total. The molecule has 0 aliphatic carbocycles. The van der Waals surface area contributed by atoms with Gasteiger partial charge in [-0.3, -0.25) is 9.59 Å². The number of aromatic nitrogens is 2. The predicted molar refractivity (Wildman–Crippen MR) is 63.0 cm³/mol. The average molecular weight is 255 g/mol. The highest BCUT2D eigenvalue weighted by Crippen LogP contribution is 2.02. The first kappa shape index (κ1) is 14.2. The summed E-state index contributed by atoms with van der Waals surface area (Å²) in [5.74, 6) is -0.566. The standard InChI is InChI=1S/C11H17N3O4/c1-17-6-5-14(4-3-10(15)18-2)11(16)9-7-12-8-13-9/h7-8H,3-6H2,1-2H3,(H,12,13). The zero-order valence-electron chi connectivity index (χ0n) is 10.5. The van der Waals surface area contributed by atoms with E-state index in [9.17, 15) is 9.59 Å². The number of imidazole rings is 1. The van der Waals surface area contributed by atoms with Gasteiger partial charge in [0.1, 0.15) is 5.69 Å². The summed E-state index contributed by atoms with van der Waals surface area (Å²) in [7, 11) is 2.87. The summed E-state index contributed by atoms with van der Waals surface area (Å²) in [4.78, 5) is 31.2. The number of rotatable bonds is 7. The summed E-state index contributed by atoms with van der Waals surface area (Å²) in [5, 5.41) is 0. The number of ether oxygens (including phenoxy) is 2. The third-order valence-electron chi connectivity index (χ3n) is 2.39. The van der Waals surface area contributed by atoms with Gasteiger partial charge < -0.3 is 19.4 Å². The molecule has 1 amide bonds. The van der Waals surface area contributed by atoms with E-state index in [0.29, 0.717) is 18.8 Å². The van der Waals surface area contributed by atoms with Crippen LogP contribution >= 0.6 is 0 Å². The Kier molecular flexibility index (Phi) is 5.86. The van der Waals surface area contributed by atoms with Crippen molar-refractivity contribution >= 4 is 11.9 Å². The molecule has 1 rings (SSSR count). The van der Waals surface area contributed by atoms with Crippen LogP contribution in [0.5, 0.6) is 0 Å². The van der Waals surface area contributed by atoms with E-state index < -0.39 is 0 Å². The number of aromatic amines is 1. The zero-order valence-corrected chi connectivity index (χ0v) is 10.5. The van der Waals surface area contributed by atoms with Gasteiger partial charge in [-0.25, -0.2) is 4.98 Å². The highest BCUT2D eigenvalue weighted by atomic mass is 16.5. The largest absolute Gasteiger partial charge is 0.469 e. The van der Waals surface area contributed by atoms with E-state index in [1.165, 1.54) is 24.5 Å². The molecule has 0 saturated heterocycles. The molecule has 1 aromatic rings. The highest BCUT2D eigenvalue weighted by molar-refractivity contribution is 5.92.